The van der Waals surface area contributed by atoms with Crippen molar-refractivity contribution in [3.8, 4) is 5.75 Å². The number of furan rings is 1. The van der Waals surface area contributed by atoms with E-state index in [2.05, 4.69) is 10.6 Å². The molecular formula is C24H26N2O7S. The van der Waals surface area contributed by atoms with Crippen molar-refractivity contribution < 1.29 is 31.9 Å². The highest BCUT2D eigenvalue weighted by atomic mass is 32.2. The van der Waals surface area contributed by atoms with Crippen LogP contribution in [0.15, 0.2) is 70.2 Å². The highest BCUT2D eigenvalue weighted by molar-refractivity contribution is 7.90. The van der Waals surface area contributed by atoms with Gasteiger partial charge in [-0.05, 0) is 57.2 Å². The number of nitrogens with one attached hydrogen (secondary N) is 2. The van der Waals surface area contributed by atoms with Crippen molar-refractivity contribution >= 4 is 33.2 Å². The molecule has 2 amide bonds. The van der Waals surface area contributed by atoms with Gasteiger partial charge in [-0.3, -0.25) is 10.1 Å². The summed E-state index contributed by atoms with van der Waals surface area (Å²) in [5.41, 5.74) is 0.131. The van der Waals surface area contributed by atoms with Crippen molar-refractivity contribution in [3.63, 3.8) is 0 Å². The van der Waals surface area contributed by atoms with Crippen molar-refractivity contribution in [2.24, 2.45) is 0 Å². The summed E-state index contributed by atoms with van der Waals surface area (Å²) >= 11 is 0. The van der Waals surface area contributed by atoms with E-state index >= 15 is 0 Å². The molecule has 0 radical (unpaired) electrons. The molecule has 10 heteroatoms. The number of amides is 2. The first-order chi connectivity index (χ1) is 16.0. The van der Waals surface area contributed by atoms with Gasteiger partial charge >= 0.3 is 6.09 Å². The second kappa shape index (κ2) is 10.0. The second-order valence-electron chi connectivity index (χ2n) is 8.34. The lowest BCUT2D eigenvalue weighted by Crippen LogP contribution is -2.27. The lowest BCUT2D eigenvalue weighted by molar-refractivity contribution is 0.0635. The quantitative estimate of drug-likeness (QED) is 0.489. The maximum atomic E-state index is 12.9. The number of methoxy groups -OCH3 is 1. The smallest absolute Gasteiger partial charge is 0.412 e. The van der Waals surface area contributed by atoms with Crippen LogP contribution in [0.5, 0.6) is 5.75 Å². The molecule has 0 aliphatic carbocycles. The third kappa shape index (κ3) is 6.38. The van der Waals surface area contributed by atoms with Crippen molar-refractivity contribution in [2.45, 2.75) is 37.0 Å². The molecule has 0 saturated carbocycles. The molecule has 3 rings (SSSR count). The van der Waals surface area contributed by atoms with Crippen LogP contribution in [0.1, 0.15) is 36.9 Å². The van der Waals surface area contributed by atoms with Gasteiger partial charge in [0.15, 0.2) is 15.6 Å². The van der Waals surface area contributed by atoms with Crippen molar-refractivity contribution in [1.29, 1.82) is 0 Å². The molecule has 9 nitrogen and oxygen atoms in total. The van der Waals surface area contributed by atoms with Crippen LogP contribution in [-0.2, 0) is 20.3 Å². The summed E-state index contributed by atoms with van der Waals surface area (Å²) in [7, 11) is -2.23. The van der Waals surface area contributed by atoms with Gasteiger partial charge < -0.3 is 19.2 Å². The zero-order valence-electron chi connectivity index (χ0n) is 19.2. The average Bonchev–Trinajstić information content (AvgIpc) is 3.21. The number of carbonyl (C=O) groups excluding carboxylic acids is 2. The maximum absolute atomic E-state index is 12.9. The Bertz CT molecular complexity index is 1280. The van der Waals surface area contributed by atoms with E-state index in [0.717, 1.165) is 0 Å². The average molecular weight is 487 g/mol. The Morgan fingerprint density at radius 1 is 1.00 bits per heavy atom. The maximum Gasteiger partial charge on any atom is 0.412 e. The van der Waals surface area contributed by atoms with E-state index in [4.69, 9.17) is 13.9 Å². The predicted molar refractivity (Wildman–Crippen MR) is 127 cm³/mol. The molecule has 0 aliphatic rings. The summed E-state index contributed by atoms with van der Waals surface area (Å²) < 4.78 is 41.2. The van der Waals surface area contributed by atoms with Crippen LogP contribution in [0.4, 0.5) is 16.2 Å². The summed E-state index contributed by atoms with van der Waals surface area (Å²) in [6.07, 6.45) is 0.572. The fraction of sp³-hybridized carbons (Fsp3) is 0.250. The summed E-state index contributed by atoms with van der Waals surface area (Å²) in [5, 5.41) is 5.24. The van der Waals surface area contributed by atoms with E-state index in [1.807, 2.05) is 0 Å². The molecule has 1 aromatic heterocycles. The van der Waals surface area contributed by atoms with Gasteiger partial charge in [0.1, 0.15) is 11.4 Å². The molecule has 0 fully saturated rings. The topological polar surface area (TPSA) is 124 Å². The monoisotopic (exact) mass is 486 g/mol. The van der Waals surface area contributed by atoms with E-state index in [0.29, 0.717) is 11.4 Å². The van der Waals surface area contributed by atoms with Gasteiger partial charge in [0.05, 0.1) is 29.7 Å². The van der Waals surface area contributed by atoms with E-state index in [1.165, 1.54) is 37.6 Å². The molecule has 0 saturated heterocycles. The van der Waals surface area contributed by atoms with E-state index in [9.17, 15) is 18.0 Å². The molecule has 0 unspecified atom stereocenters. The first-order valence-electron chi connectivity index (χ1n) is 10.3. The number of hydrogen-bond acceptors (Lipinski definition) is 7. The van der Waals surface area contributed by atoms with E-state index in [1.54, 1.807) is 51.1 Å². The fourth-order valence-electron chi connectivity index (χ4n) is 3.05. The van der Waals surface area contributed by atoms with Crippen LogP contribution in [-0.4, -0.2) is 33.1 Å². The molecule has 180 valence electrons. The second-order valence-corrected chi connectivity index (χ2v) is 10.3. The van der Waals surface area contributed by atoms with Crippen LogP contribution in [0.25, 0.3) is 0 Å². The SMILES string of the molecule is COc1ccc(NC(=O)c2occc2CS(=O)(=O)c2ccccc2)cc1NC(=O)OC(C)(C)C. The molecular weight excluding hydrogens is 460 g/mol. The van der Waals surface area contributed by atoms with Gasteiger partial charge in [0.2, 0.25) is 0 Å². The Labute approximate surface area is 198 Å². The minimum Gasteiger partial charge on any atom is -0.495 e. The number of anilines is 2. The molecule has 0 aliphatic heterocycles. The number of sulfone groups is 1. The molecule has 2 aromatic carbocycles. The Kier molecular flexibility index (Phi) is 7.31. The normalized spacial score (nSPS) is 11.5. The van der Waals surface area contributed by atoms with Gasteiger partial charge in [-0.15, -0.1) is 0 Å². The highest BCUT2D eigenvalue weighted by Crippen LogP contribution is 2.29. The first-order valence-corrected chi connectivity index (χ1v) is 12.0. The first kappa shape index (κ1) is 24.8. The molecule has 2 N–H and O–H groups in total. The van der Waals surface area contributed by atoms with E-state index < -0.39 is 33.2 Å². The molecule has 0 bridgehead atoms. The molecule has 1 heterocycles. The number of ether oxygens (including phenoxy) is 2. The number of carbonyl (C=O) groups is 2. The summed E-state index contributed by atoms with van der Waals surface area (Å²) in [6.45, 7) is 5.21. The van der Waals surface area contributed by atoms with Crippen molar-refractivity contribution in [3.05, 3.63) is 72.2 Å². The fourth-order valence-corrected chi connectivity index (χ4v) is 4.42. The molecule has 0 atom stereocenters. The summed E-state index contributed by atoms with van der Waals surface area (Å²) in [4.78, 5) is 25.2. The van der Waals surface area contributed by atoms with Gasteiger partial charge in [-0.2, -0.15) is 0 Å². The summed E-state index contributed by atoms with van der Waals surface area (Å²) in [5.74, 6) is -0.810. The lowest BCUT2D eigenvalue weighted by Gasteiger charge is -2.20. The van der Waals surface area contributed by atoms with Crippen molar-refractivity contribution in [1.82, 2.24) is 0 Å². The third-order valence-electron chi connectivity index (χ3n) is 4.49. The minimum absolute atomic E-state index is 0.128. The van der Waals surface area contributed by atoms with Crippen LogP contribution < -0.4 is 15.4 Å². The van der Waals surface area contributed by atoms with Gasteiger partial charge in [0.25, 0.3) is 5.91 Å². The highest BCUT2D eigenvalue weighted by Gasteiger charge is 2.23. The van der Waals surface area contributed by atoms with E-state index in [-0.39, 0.29) is 21.9 Å². The van der Waals surface area contributed by atoms with Crippen molar-refractivity contribution in [2.75, 3.05) is 17.7 Å². The molecule has 0 spiro atoms. The molecule has 34 heavy (non-hydrogen) atoms. The largest absolute Gasteiger partial charge is 0.495 e. The van der Waals surface area contributed by atoms with Gasteiger partial charge in [-0.25, -0.2) is 13.2 Å². The lowest BCUT2D eigenvalue weighted by atomic mass is 10.2. The number of hydrogen-bond donors (Lipinski definition) is 2. The Morgan fingerprint density at radius 3 is 2.35 bits per heavy atom. The Morgan fingerprint density at radius 2 is 1.71 bits per heavy atom. The third-order valence-corrected chi connectivity index (χ3v) is 6.18. The molecule has 3 aromatic rings. The Hall–Kier alpha value is -3.79. The van der Waals surface area contributed by atoms with Crippen LogP contribution >= 0.6 is 0 Å². The van der Waals surface area contributed by atoms with Crippen LogP contribution in [0, 0.1) is 0 Å². The van der Waals surface area contributed by atoms with Crippen LogP contribution in [0.2, 0.25) is 0 Å². The van der Waals surface area contributed by atoms with Gasteiger partial charge in [-0.1, -0.05) is 18.2 Å². The zero-order valence-corrected chi connectivity index (χ0v) is 20.1. The predicted octanol–water partition coefficient (Wildman–Crippen LogP) is 4.86. The number of benzene rings is 2. The minimum atomic E-state index is -3.67. The number of rotatable bonds is 7. The zero-order chi connectivity index (χ0) is 24.9. The van der Waals surface area contributed by atoms with Crippen LogP contribution in [0.3, 0.4) is 0 Å². The summed E-state index contributed by atoms with van der Waals surface area (Å²) in [6, 6.07) is 14.0. The van der Waals surface area contributed by atoms with Gasteiger partial charge in [0, 0.05) is 11.3 Å². The standard InChI is InChI=1S/C24H26N2O7S/c1-24(2,3)33-23(28)26-19-14-17(10-11-20(19)31-4)25-22(27)21-16(12-13-32-21)15-34(29,30)18-8-6-5-7-9-18/h5-14H,15H2,1-4H3,(H,25,27)(H,26,28). The Balaban J connectivity index is 1.78.